The molecule has 1 atom stereocenters. The lowest BCUT2D eigenvalue weighted by atomic mass is 9.90. The van der Waals surface area contributed by atoms with E-state index >= 15 is 0 Å². The number of rotatable bonds is 9. The highest BCUT2D eigenvalue weighted by atomic mass is 31.1. The van der Waals surface area contributed by atoms with Crippen LogP contribution in [0, 0.1) is 5.41 Å². The zero-order valence-electron chi connectivity index (χ0n) is 11.4. The molecule has 0 aliphatic rings. The molecule has 0 fully saturated rings. The number of carboxylic acids is 3. The van der Waals surface area contributed by atoms with Crippen LogP contribution in [-0.4, -0.2) is 51.2 Å². The summed E-state index contributed by atoms with van der Waals surface area (Å²) in [5.41, 5.74) is -1.22. The molecule has 0 saturated heterocycles. The van der Waals surface area contributed by atoms with Crippen molar-refractivity contribution >= 4 is 25.8 Å². The molecule has 0 saturated carbocycles. The molecular formula is C12H21O6P. The maximum absolute atomic E-state index is 11.2. The summed E-state index contributed by atoms with van der Waals surface area (Å²) in [6.07, 6.45) is 0.613. The summed E-state index contributed by atoms with van der Waals surface area (Å²) >= 11 is 0. The lowest BCUT2D eigenvalue weighted by molar-refractivity contribution is -0.146. The summed E-state index contributed by atoms with van der Waals surface area (Å²) in [6, 6.07) is 0. The minimum atomic E-state index is -0.983. The number of carboxylic acid groups (broad SMARTS) is 3. The smallest absolute Gasteiger partial charge is 0.309 e. The standard InChI is InChI=1S/C12H21O6P/c1-8(12(2,3)11(17)18)19(6-4-9(13)14)7-5-10(15)16/h8H,4-7H2,1-3H3,(H,13,14)(H,15,16)(H,17,18). The third kappa shape index (κ3) is 6.01. The Hall–Kier alpha value is -1.16. The molecule has 110 valence electrons. The van der Waals surface area contributed by atoms with Crippen LogP contribution >= 0.6 is 7.92 Å². The van der Waals surface area contributed by atoms with Gasteiger partial charge in [0.15, 0.2) is 0 Å². The fraction of sp³-hybridized carbons (Fsp3) is 0.750. The van der Waals surface area contributed by atoms with Crippen molar-refractivity contribution in [3.63, 3.8) is 0 Å². The molecule has 7 heteroatoms. The molecule has 0 aliphatic carbocycles. The first-order valence-electron chi connectivity index (χ1n) is 6.00. The van der Waals surface area contributed by atoms with Crippen LogP contribution in [0.1, 0.15) is 33.6 Å². The molecule has 3 N–H and O–H groups in total. The van der Waals surface area contributed by atoms with Gasteiger partial charge in [0, 0.05) is 12.8 Å². The monoisotopic (exact) mass is 292 g/mol. The van der Waals surface area contributed by atoms with Crippen molar-refractivity contribution in [1.82, 2.24) is 0 Å². The van der Waals surface area contributed by atoms with Crippen LogP contribution in [0.15, 0.2) is 0 Å². The van der Waals surface area contributed by atoms with Crippen LogP contribution in [0.2, 0.25) is 0 Å². The highest BCUT2D eigenvalue weighted by molar-refractivity contribution is 7.58. The van der Waals surface area contributed by atoms with Gasteiger partial charge in [0.2, 0.25) is 0 Å². The zero-order valence-corrected chi connectivity index (χ0v) is 12.3. The highest BCUT2D eigenvalue weighted by Crippen LogP contribution is 2.50. The minimum Gasteiger partial charge on any atom is -0.481 e. The summed E-state index contributed by atoms with van der Waals surface area (Å²) in [5.74, 6) is -2.83. The van der Waals surface area contributed by atoms with Gasteiger partial charge in [-0.2, -0.15) is 0 Å². The molecular weight excluding hydrogens is 271 g/mol. The molecule has 0 aliphatic heterocycles. The normalized spacial score (nSPS) is 13.3. The van der Waals surface area contributed by atoms with Crippen LogP contribution in [0.25, 0.3) is 0 Å². The molecule has 0 aromatic heterocycles. The molecule has 6 nitrogen and oxygen atoms in total. The predicted octanol–water partition coefficient (Wildman–Crippen LogP) is 1.92. The van der Waals surface area contributed by atoms with E-state index in [2.05, 4.69) is 0 Å². The highest BCUT2D eigenvalue weighted by Gasteiger charge is 2.38. The van der Waals surface area contributed by atoms with E-state index in [1.54, 1.807) is 20.8 Å². The van der Waals surface area contributed by atoms with Crippen LogP contribution in [-0.2, 0) is 14.4 Å². The van der Waals surface area contributed by atoms with Crippen molar-refractivity contribution in [1.29, 1.82) is 0 Å². The fourth-order valence-electron chi connectivity index (χ4n) is 1.61. The van der Waals surface area contributed by atoms with Crippen molar-refractivity contribution in [2.75, 3.05) is 12.3 Å². The van der Waals surface area contributed by atoms with Gasteiger partial charge in [-0.15, -0.1) is 7.92 Å². The summed E-state index contributed by atoms with van der Waals surface area (Å²) in [6.45, 7) is 4.96. The van der Waals surface area contributed by atoms with Crippen LogP contribution in [0.3, 0.4) is 0 Å². The van der Waals surface area contributed by atoms with Crippen LogP contribution in [0.4, 0.5) is 0 Å². The van der Waals surface area contributed by atoms with Crippen molar-refractivity contribution in [3.05, 3.63) is 0 Å². The third-order valence-corrected chi connectivity index (χ3v) is 6.71. The zero-order chi connectivity index (χ0) is 15.2. The van der Waals surface area contributed by atoms with Crippen molar-refractivity contribution < 1.29 is 29.7 Å². The summed E-state index contributed by atoms with van der Waals surface area (Å²) in [5, 5.41) is 26.6. The lowest BCUT2D eigenvalue weighted by Crippen LogP contribution is -2.35. The predicted molar refractivity (Wildman–Crippen MR) is 72.0 cm³/mol. The van der Waals surface area contributed by atoms with E-state index in [1.165, 1.54) is 0 Å². The van der Waals surface area contributed by atoms with Crippen molar-refractivity contribution in [2.45, 2.75) is 39.3 Å². The molecule has 0 spiro atoms. The van der Waals surface area contributed by atoms with Gasteiger partial charge in [-0.25, -0.2) is 0 Å². The Morgan fingerprint density at radius 1 is 1.00 bits per heavy atom. The van der Waals surface area contributed by atoms with Gasteiger partial charge < -0.3 is 15.3 Å². The molecule has 0 heterocycles. The first-order chi connectivity index (χ1) is 8.59. The largest absolute Gasteiger partial charge is 0.481 e. The molecule has 1 unspecified atom stereocenters. The van der Waals surface area contributed by atoms with Gasteiger partial charge in [-0.05, 0) is 31.8 Å². The Labute approximate surface area is 113 Å². The second-order valence-electron chi connectivity index (χ2n) is 5.03. The van der Waals surface area contributed by atoms with E-state index in [4.69, 9.17) is 10.2 Å². The van der Waals surface area contributed by atoms with Gasteiger partial charge >= 0.3 is 17.9 Å². The number of hydrogen-bond acceptors (Lipinski definition) is 3. The first kappa shape index (κ1) is 17.8. The molecule has 0 aromatic carbocycles. The Kier molecular flexibility index (Phi) is 6.98. The molecule has 0 rings (SSSR count). The third-order valence-electron chi connectivity index (χ3n) is 3.37. The van der Waals surface area contributed by atoms with Gasteiger partial charge in [-0.3, -0.25) is 14.4 Å². The second-order valence-corrected chi connectivity index (χ2v) is 7.87. The fourth-order valence-corrected chi connectivity index (χ4v) is 4.59. The van der Waals surface area contributed by atoms with E-state index in [0.717, 1.165) is 0 Å². The Balaban J connectivity index is 4.83. The molecule has 0 radical (unpaired) electrons. The van der Waals surface area contributed by atoms with E-state index < -0.39 is 31.2 Å². The SMILES string of the molecule is CC(P(CCC(=O)O)CCC(=O)O)C(C)(C)C(=O)O. The van der Waals surface area contributed by atoms with E-state index in [9.17, 15) is 19.5 Å². The van der Waals surface area contributed by atoms with Crippen molar-refractivity contribution in [3.8, 4) is 0 Å². The van der Waals surface area contributed by atoms with Gasteiger partial charge in [0.05, 0.1) is 5.41 Å². The summed E-state index contributed by atoms with van der Waals surface area (Å²) in [7, 11) is -0.950. The van der Waals surface area contributed by atoms with Crippen molar-refractivity contribution in [2.24, 2.45) is 5.41 Å². The number of aliphatic carboxylic acids is 3. The summed E-state index contributed by atoms with van der Waals surface area (Å²) in [4.78, 5) is 32.5. The average Bonchev–Trinajstić information content (AvgIpc) is 2.27. The first-order valence-corrected chi connectivity index (χ1v) is 7.78. The summed E-state index contributed by atoms with van der Waals surface area (Å²) < 4.78 is 0. The van der Waals surface area contributed by atoms with E-state index in [-0.39, 0.29) is 18.5 Å². The lowest BCUT2D eigenvalue weighted by Gasteiger charge is -2.34. The maximum Gasteiger partial charge on any atom is 0.309 e. The second kappa shape index (κ2) is 7.43. The Morgan fingerprint density at radius 3 is 1.63 bits per heavy atom. The van der Waals surface area contributed by atoms with E-state index in [1.807, 2.05) is 0 Å². The van der Waals surface area contributed by atoms with Gasteiger partial charge in [0.25, 0.3) is 0 Å². The topological polar surface area (TPSA) is 112 Å². The minimum absolute atomic E-state index is 0.0502. The molecule has 19 heavy (non-hydrogen) atoms. The van der Waals surface area contributed by atoms with Crippen LogP contribution < -0.4 is 0 Å². The average molecular weight is 292 g/mol. The molecule has 0 aromatic rings. The Bertz CT molecular complexity index is 334. The Morgan fingerprint density at radius 2 is 1.37 bits per heavy atom. The maximum atomic E-state index is 11.2. The van der Waals surface area contributed by atoms with Crippen LogP contribution in [0.5, 0.6) is 0 Å². The molecule has 0 amide bonds. The molecule has 0 bridgehead atoms. The van der Waals surface area contributed by atoms with Gasteiger partial charge in [-0.1, -0.05) is 6.92 Å². The van der Waals surface area contributed by atoms with Gasteiger partial charge in [0.1, 0.15) is 0 Å². The van der Waals surface area contributed by atoms with E-state index in [0.29, 0.717) is 12.3 Å². The number of carbonyl (C=O) groups is 3. The number of hydrogen-bond donors (Lipinski definition) is 3. The quantitative estimate of drug-likeness (QED) is 0.560.